The third kappa shape index (κ3) is 3.56. The Morgan fingerprint density at radius 1 is 1.41 bits per heavy atom. The van der Waals surface area contributed by atoms with Gasteiger partial charge in [-0.1, -0.05) is 30.7 Å². The second-order valence-electron chi connectivity index (χ2n) is 4.54. The Balaban J connectivity index is 2.79. The molecule has 1 rings (SSSR count). The van der Waals surface area contributed by atoms with Crippen molar-refractivity contribution in [2.24, 2.45) is 5.92 Å². The van der Waals surface area contributed by atoms with Crippen LogP contribution in [0.3, 0.4) is 0 Å². The highest BCUT2D eigenvalue weighted by Crippen LogP contribution is 2.25. The fourth-order valence-electron chi connectivity index (χ4n) is 1.88. The van der Waals surface area contributed by atoms with E-state index in [1.807, 2.05) is 32.0 Å². The zero-order valence-electron chi connectivity index (χ0n) is 10.9. The number of hydrogen-bond acceptors (Lipinski definition) is 3. The number of methoxy groups -OCH3 is 1. The number of esters is 1. The van der Waals surface area contributed by atoms with Crippen molar-refractivity contribution >= 4 is 5.97 Å². The quantitative estimate of drug-likeness (QED) is 0.817. The highest BCUT2D eigenvalue weighted by molar-refractivity contribution is 5.71. The molecular weight excluding hydrogens is 216 g/mol. The van der Waals surface area contributed by atoms with Gasteiger partial charge in [0.05, 0.1) is 19.1 Å². The van der Waals surface area contributed by atoms with Gasteiger partial charge in [0, 0.05) is 0 Å². The molecule has 0 aromatic heterocycles. The van der Waals surface area contributed by atoms with E-state index < -0.39 is 6.10 Å². The first-order chi connectivity index (χ1) is 7.95. The maximum Gasteiger partial charge on any atom is 0.308 e. The standard InChI is InChI=1S/C14H20O3/c1-9-5-6-10(2)12(7-9)13(15)8-11(3)14(16)17-4/h5-7,11,13,15H,8H2,1-4H3. The maximum atomic E-state index is 11.3. The zero-order chi connectivity index (χ0) is 13.0. The van der Waals surface area contributed by atoms with E-state index in [0.717, 1.165) is 16.7 Å². The predicted molar refractivity (Wildman–Crippen MR) is 66.7 cm³/mol. The van der Waals surface area contributed by atoms with Gasteiger partial charge in [0.15, 0.2) is 0 Å². The number of benzene rings is 1. The molecule has 1 aromatic rings. The number of aliphatic hydroxyl groups excluding tert-OH is 1. The molecule has 3 nitrogen and oxygen atoms in total. The average Bonchev–Trinajstić information content (AvgIpc) is 2.30. The first kappa shape index (κ1) is 13.7. The minimum atomic E-state index is -0.621. The molecule has 0 bridgehead atoms. The number of carbonyl (C=O) groups excluding carboxylic acids is 1. The number of rotatable bonds is 4. The van der Waals surface area contributed by atoms with Gasteiger partial charge in [-0.05, 0) is 31.4 Å². The fourth-order valence-corrected chi connectivity index (χ4v) is 1.88. The highest BCUT2D eigenvalue weighted by Gasteiger charge is 2.20. The van der Waals surface area contributed by atoms with Crippen LogP contribution in [0, 0.1) is 19.8 Å². The Hall–Kier alpha value is -1.35. The van der Waals surface area contributed by atoms with Crippen molar-refractivity contribution in [3.63, 3.8) is 0 Å². The van der Waals surface area contributed by atoms with Crippen molar-refractivity contribution in [3.05, 3.63) is 34.9 Å². The van der Waals surface area contributed by atoms with Gasteiger partial charge in [-0.3, -0.25) is 4.79 Å². The molecule has 2 unspecified atom stereocenters. The predicted octanol–water partition coefficient (Wildman–Crippen LogP) is 2.54. The Morgan fingerprint density at radius 2 is 2.06 bits per heavy atom. The van der Waals surface area contributed by atoms with E-state index >= 15 is 0 Å². The van der Waals surface area contributed by atoms with Crippen LogP contribution >= 0.6 is 0 Å². The van der Waals surface area contributed by atoms with Crippen LogP contribution in [0.25, 0.3) is 0 Å². The monoisotopic (exact) mass is 236 g/mol. The third-order valence-electron chi connectivity index (χ3n) is 2.97. The van der Waals surface area contributed by atoms with Crippen LogP contribution in [0.2, 0.25) is 0 Å². The molecule has 17 heavy (non-hydrogen) atoms. The lowest BCUT2D eigenvalue weighted by Gasteiger charge is -2.17. The van der Waals surface area contributed by atoms with E-state index in [9.17, 15) is 9.90 Å². The van der Waals surface area contributed by atoms with Crippen LogP contribution in [0.5, 0.6) is 0 Å². The van der Waals surface area contributed by atoms with Crippen LogP contribution in [0.15, 0.2) is 18.2 Å². The second-order valence-corrected chi connectivity index (χ2v) is 4.54. The van der Waals surface area contributed by atoms with Crippen LogP contribution < -0.4 is 0 Å². The van der Waals surface area contributed by atoms with E-state index in [4.69, 9.17) is 0 Å². The molecule has 94 valence electrons. The molecule has 0 heterocycles. The van der Waals surface area contributed by atoms with Crippen molar-refractivity contribution in [2.45, 2.75) is 33.3 Å². The van der Waals surface area contributed by atoms with Crippen molar-refractivity contribution in [1.29, 1.82) is 0 Å². The van der Waals surface area contributed by atoms with Crippen molar-refractivity contribution in [3.8, 4) is 0 Å². The summed E-state index contributed by atoms with van der Waals surface area (Å²) in [7, 11) is 1.36. The summed E-state index contributed by atoms with van der Waals surface area (Å²) in [6.07, 6.45) is -0.235. The van der Waals surface area contributed by atoms with Crippen LogP contribution in [0.1, 0.15) is 36.1 Å². The number of aryl methyl sites for hydroxylation is 2. The van der Waals surface area contributed by atoms with E-state index in [1.54, 1.807) is 6.92 Å². The third-order valence-corrected chi connectivity index (χ3v) is 2.97. The first-order valence-electron chi connectivity index (χ1n) is 5.78. The van der Waals surface area contributed by atoms with Crippen molar-refractivity contribution < 1.29 is 14.6 Å². The summed E-state index contributed by atoms with van der Waals surface area (Å²) in [4.78, 5) is 11.3. The summed E-state index contributed by atoms with van der Waals surface area (Å²) in [5, 5.41) is 10.1. The summed E-state index contributed by atoms with van der Waals surface area (Å²) < 4.78 is 4.65. The molecule has 0 aliphatic rings. The molecule has 1 aromatic carbocycles. The van der Waals surface area contributed by atoms with Crippen LogP contribution in [-0.4, -0.2) is 18.2 Å². The Labute approximate surface area is 102 Å². The largest absolute Gasteiger partial charge is 0.469 e. The Bertz CT molecular complexity index is 398. The van der Waals surface area contributed by atoms with Gasteiger partial charge >= 0.3 is 5.97 Å². The van der Waals surface area contributed by atoms with Gasteiger partial charge in [0.2, 0.25) is 0 Å². The van der Waals surface area contributed by atoms with Crippen molar-refractivity contribution in [1.82, 2.24) is 0 Å². The second kappa shape index (κ2) is 5.82. The fraction of sp³-hybridized carbons (Fsp3) is 0.500. The number of ether oxygens (including phenoxy) is 1. The lowest BCUT2D eigenvalue weighted by Crippen LogP contribution is -2.16. The summed E-state index contributed by atoms with van der Waals surface area (Å²) in [6.45, 7) is 5.71. The normalized spacial score (nSPS) is 14.2. The molecule has 0 radical (unpaired) electrons. The minimum Gasteiger partial charge on any atom is -0.469 e. The van der Waals surface area contributed by atoms with Crippen LogP contribution in [-0.2, 0) is 9.53 Å². The summed E-state index contributed by atoms with van der Waals surface area (Å²) in [5.74, 6) is -0.579. The van der Waals surface area contributed by atoms with Gasteiger partial charge in [-0.15, -0.1) is 0 Å². The van der Waals surface area contributed by atoms with E-state index in [0.29, 0.717) is 6.42 Å². The smallest absolute Gasteiger partial charge is 0.308 e. The van der Waals surface area contributed by atoms with Gasteiger partial charge in [-0.2, -0.15) is 0 Å². The molecule has 0 aliphatic carbocycles. The van der Waals surface area contributed by atoms with Gasteiger partial charge in [0.25, 0.3) is 0 Å². The Morgan fingerprint density at radius 3 is 2.65 bits per heavy atom. The van der Waals surface area contributed by atoms with Crippen molar-refractivity contribution in [2.75, 3.05) is 7.11 Å². The first-order valence-corrected chi connectivity index (χ1v) is 5.78. The SMILES string of the molecule is COC(=O)C(C)CC(O)c1cc(C)ccc1C. The van der Waals surface area contributed by atoms with Gasteiger partial charge in [-0.25, -0.2) is 0 Å². The number of hydrogen-bond donors (Lipinski definition) is 1. The molecule has 0 spiro atoms. The molecular formula is C14H20O3. The molecule has 2 atom stereocenters. The molecule has 0 fully saturated rings. The molecule has 0 amide bonds. The van der Waals surface area contributed by atoms with E-state index in [1.165, 1.54) is 7.11 Å². The summed E-state index contributed by atoms with van der Waals surface area (Å²) in [6, 6.07) is 5.95. The zero-order valence-corrected chi connectivity index (χ0v) is 10.9. The number of carbonyl (C=O) groups is 1. The van der Waals surface area contributed by atoms with Gasteiger partial charge in [0.1, 0.15) is 0 Å². The average molecular weight is 236 g/mol. The lowest BCUT2D eigenvalue weighted by molar-refractivity contribution is -0.145. The maximum absolute atomic E-state index is 11.3. The topological polar surface area (TPSA) is 46.5 Å². The summed E-state index contributed by atoms with van der Waals surface area (Å²) >= 11 is 0. The lowest BCUT2D eigenvalue weighted by atomic mass is 9.94. The molecule has 0 saturated carbocycles. The molecule has 3 heteroatoms. The van der Waals surface area contributed by atoms with Crippen LogP contribution in [0.4, 0.5) is 0 Å². The highest BCUT2D eigenvalue weighted by atomic mass is 16.5. The summed E-state index contributed by atoms with van der Waals surface area (Å²) in [5.41, 5.74) is 3.04. The molecule has 0 aliphatic heterocycles. The van der Waals surface area contributed by atoms with E-state index in [2.05, 4.69) is 4.74 Å². The molecule has 0 saturated heterocycles. The van der Waals surface area contributed by atoms with E-state index in [-0.39, 0.29) is 11.9 Å². The van der Waals surface area contributed by atoms with Gasteiger partial charge < -0.3 is 9.84 Å². The minimum absolute atomic E-state index is 0.283. The number of aliphatic hydroxyl groups is 1. The molecule has 1 N–H and O–H groups in total. The Kier molecular flexibility index (Phi) is 4.70.